The molecule has 2 aromatic rings. The third kappa shape index (κ3) is 5.03. The largest absolute Gasteiger partial charge is 0.534 e. The molecule has 0 spiro atoms. The molecule has 3 rings (SSSR count). The summed E-state index contributed by atoms with van der Waals surface area (Å²) in [6.07, 6.45) is 5.38. The van der Waals surface area contributed by atoms with Crippen molar-refractivity contribution in [2.45, 2.75) is 45.5 Å². The fourth-order valence-electron chi connectivity index (χ4n) is 3.61. The minimum Gasteiger partial charge on any atom is -0.374 e. The second-order valence-corrected chi connectivity index (χ2v) is 10.0. The van der Waals surface area contributed by atoms with Crippen LogP contribution in [0.1, 0.15) is 37.9 Å². The fraction of sp³-hybridized carbons (Fsp3) is 0.476. The summed E-state index contributed by atoms with van der Waals surface area (Å²) >= 11 is 0. The molecular weight excluding hydrogens is 447 g/mol. The van der Waals surface area contributed by atoms with Crippen molar-refractivity contribution in [1.82, 2.24) is 9.97 Å². The first-order valence-electron chi connectivity index (χ1n) is 9.99. The van der Waals surface area contributed by atoms with E-state index in [-0.39, 0.29) is 11.8 Å². The molecule has 2 aromatic heterocycles. The number of halogens is 3. The van der Waals surface area contributed by atoms with Crippen molar-refractivity contribution >= 4 is 22.1 Å². The average molecular weight is 472 g/mol. The molecule has 11 heteroatoms. The molecule has 0 bridgehead atoms. The van der Waals surface area contributed by atoms with E-state index in [1.807, 2.05) is 6.92 Å². The Bertz CT molecular complexity index is 1090. The van der Waals surface area contributed by atoms with Crippen molar-refractivity contribution in [3.8, 4) is 17.0 Å². The molecule has 3 heterocycles. The molecule has 1 aliphatic heterocycles. The maximum atomic E-state index is 12.6. The normalized spacial score (nSPS) is 16.6. The molecule has 0 aromatic carbocycles. The monoisotopic (exact) mass is 471 g/mol. The van der Waals surface area contributed by atoms with E-state index in [1.54, 1.807) is 6.20 Å². The lowest BCUT2D eigenvalue weighted by Crippen LogP contribution is -2.38. The molecule has 0 atom stereocenters. The Morgan fingerprint density at radius 2 is 1.81 bits per heavy atom. The van der Waals surface area contributed by atoms with E-state index < -0.39 is 21.4 Å². The highest BCUT2D eigenvalue weighted by atomic mass is 32.2. The summed E-state index contributed by atoms with van der Waals surface area (Å²) in [5.74, 6) is -0.555. The van der Waals surface area contributed by atoms with Crippen LogP contribution in [0.15, 0.2) is 24.5 Å². The highest BCUT2D eigenvalue weighted by Crippen LogP contribution is 2.39. The lowest BCUT2D eigenvalue weighted by Gasteiger charge is -2.40. The van der Waals surface area contributed by atoms with Crippen LogP contribution in [-0.2, 0) is 21.3 Å². The number of carbonyl (C=O) groups excluding carboxylic acids is 1. The molecule has 0 N–H and O–H groups in total. The molecule has 32 heavy (non-hydrogen) atoms. The number of piperidine rings is 1. The second kappa shape index (κ2) is 8.68. The number of nitrogens with zero attached hydrogens (tertiary/aromatic N) is 3. The lowest BCUT2D eigenvalue weighted by atomic mass is 9.82. The Hall–Kier alpha value is -2.69. The van der Waals surface area contributed by atoms with Crippen molar-refractivity contribution in [2.24, 2.45) is 5.41 Å². The predicted molar refractivity (Wildman–Crippen MR) is 113 cm³/mol. The van der Waals surface area contributed by atoms with Crippen LogP contribution >= 0.6 is 0 Å². The van der Waals surface area contributed by atoms with Gasteiger partial charge in [-0.3, -0.25) is 9.97 Å². The molecule has 0 saturated carbocycles. The maximum Gasteiger partial charge on any atom is 0.534 e. The quantitative estimate of drug-likeness (QED) is 0.357. The molecule has 1 aliphatic rings. The number of aryl methyl sites for hydroxylation is 1. The smallest absolute Gasteiger partial charge is 0.374 e. The van der Waals surface area contributed by atoms with Crippen molar-refractivity contribution in [2.75, 3.05) is 18.0 Å². The topological polar surface area (TPSA) is 89.5 Å². The zero-order chi connectivity index (χ0) is 23.7. The van der Waals surface area contributed by atoms with Crippen LogP contribution in [0.2, 0.25) is 0 Å². The summed E-state index contributed by atoms with van der Waals surface area (Å²) in [7, 11) is -5.78. The third-order valence-corrected chi connectivity index (χ3v) is 6.57. The average Bonchev–Trinajstić information content (AvgIpc) is 2.69. The van der Waals surface area contributed by atoms with Crippen LogP contribution in [0.5, 0.6) is 5.75 Å². The number of aldehydes is 1. The maximum absolute atomic E-state index is 12.6. The molecule has 0 aliphatic carbocycles. The van der Waals surface area contributed by atoms with E-state index >= 15 is 0 Å². The molecule has 1 saturated heterocycles. The first-order chi connectivity index (χ1) is 14.8. The summed E-state index contributed by atoms with van der Waals surface area (Å²) in [4.78, 5) is 22.0. The Balaban J connectivity index is 2.00. The van der Waals surface area contributed by atoms with Crippen LogP contribution in [0.4, 0.5) is 18.9 Å². The minimum absolute atomic E-state index is 0.160. The molecular formula is C21H24F3N3O4S. The van der Waals surface area contributed by atoms with E-state index in [1.165, 1.54) is 6.07 Å². The SMILES string of the molecule is Cc1ncc(-c2ccc(OS(=O)(=O)C(F)(F)F)cn2)c(N2CCC(C)(C)CC2)c1CC=O. The van der Waals surface area contributed by atoms with Gasteiger partial charge in [0.1, 0.15) is 6.29 Å². The summed E-state index contributed by atoms with van der Waals surface area (Å²) in [5, 5.41) is 0. The minimum atomic E-state index is -5.78. The van der Waals surface area contributed by atoms with Gasteiger partial charge in [0.25, 0.3) is 0 Å². The van der Waals surface area contributed by atoms with E-state index in [9.17, 15) is 26.4 Å². The van der Waals surface area contributed by atoms with Gasteiger partial charge in [0.05, 0.1) is 17.6 Å². The Morgan fingerprint density at radius 3 is 2.34 bits per heavy atom. The molecule has 1 fully saturated rings. The first kappa shape index (κ1) is 24.0. The van der Waals surface area contributed by atoms with E-state index in [2.05, 4.69) is 32.9 Å². The number of pyridine rings is 2. The van der Waals surface area contributed by atoms with Crippen molar-refractivity contribution in [3.63, 3.8) is 0 Å². The number of hydrogen-bond donors (Lipinski definition) is 0. The van der Waals surface area contributed by atoms with Crippen molar-refractivity contribution in [3.05, 3.63) is 35.8 Å². The van der Waals surface area contributed by atoms with Crippen LogP contribution in [0.3, 0.4) is 0 Å². The number of hydrogen-bond acceptors (Lipinski definition) is 7. The second-order valence-electron chi connectivity index (χ2n) is 8.47. The standard InChI is InChI=1S/C21H24F3N3O4S/c1-14-16(6-11-28)19(27-9-7-20(2,3)8-10-27)17(13-25-14)18-5-4-15(12-26-18)31-32(29,30)21(22,23)24/h4-5,11-13H,6-10H2,1-3H3. The summed E-state index contributed by atoms with van der Waals surface area (Å²) in [5.41, 5.74) is -2.07. The fourth-order valence-corrected chi connectivity index (χ4v) is 4.06. The van der Waals surface area contributed by atoms with Gasteiger partial charge in [-0.1, -0.05) is 13.8 Å². The number of carbonyl (C=O) groups is 1. The van der Waals surface area contributed by atoms with E-state index in [0.29, 0.717) is 17.0 Å². The Labute approximate surface area is 184 Å². The number of anilines is 1. The summed E-state index contributed by atoms with van der Waals surface area (Å²) in [6, 6.07) is 2.48. The van der Waals surface area contributed by atoms with Gasteiger partial charge in [0.2, 0.25) is 0 Å². The lowest BCUT2D eigenvalue weighted by molar-refractivity contribution is -0.107. The third-order valence-electron chi connectivity index (χ3n) is 5.59. The van der Waals surface area contributed by atoms with Gasteiger partial charge in [-0.05, 0) is 37.3 Å². The molecule has 174 valence electrons. The first-order valence-corrected chi connectivity index (χ1v) is 11.4. The van der Waals surface area contributed by atoms with Crippen molar-refractivity contribution < 1.29 is 30.6 Å². The molecule has 0 unspecified atom stereocenters. The van der Waals surface area contributed by atoms with Crippen LogP contribution < -0.4 is 9.08 Å². The Kier molecular flexibility index (Phi) is 6.50. The molecule has 0 radical (unpaired) electrons. The van der Waals surface area contributed by atoms with E-state index in [0.717, 1.165) is 55.7 Å². The zero-order valence-corrected chi connectivity index (χ0v) is 18.8. The Morgan fingerprint density at radius 1 is 1.16 bits per heavy atom. The van der Waals surface area contributed by atoms with Crippen LogP contribution in [0, 0.1) is 12.3 Å². The summed E-state index contributed by atoms with van der Waals surface area (Å²) < 4.78 is 64.2. The number of rotatable bonds is 6. The molecule has 0 amide bonds. The highest BCUT2D eigenvalue weighted by Gasteiger charge is 2.48. The van der Waals surface area contributed by atoms with Gasteiger partial charge in [-0.15, -0.1) is 0 Å². The van der Waals surface area contributed by atoms with Gasteiger partial charge in [0.15, 0.2) is 5.75 Å². The summed E-state index contributed by atoms with van der Waals surface area (Å²) in [6.45, 7) is 7.74. The van der Waals surface area contributed by atoms with Crippen molar-refractivity contribution in [1.29, 1.82) is 0 Å². The van der Waals surface area contributed by atoms with Gasteiger partial charge in [-0.2, -0.15) is 21.6 Å². The number of alkyl halides is 3. The van der Waals surface area contributed by atoms with Gasteiger partial charge >= 0.3 is 15.6 Å². The number of aromatic nitrogens is 2. The molecule has 7 nitrogen and oxygen atoms in total. The predicted octanol–water partition coefficient (Wildman–Crippen LogP) is 4.05. The van der Waals surface area contributed by atoms with Gasteiger partial charge in [0, 0.05) is 42.5 Å². The highest BCUT2D eigenvalue weighted by molar-refractivity contribution is 7.88. The zero-order valence-electron chi connectivity index (χ0n) is 17.9. The van der Waals surface area contributed by atoms with E-state index in [4.69, 9.17) is 0 Å². The van der Waals surface area contributed by atoms with Crippen LogP contribution in [-0.4, -0.2) is 43.3 Å². The van der Waals surface area contributed by atoms with Gasteiger partial charge in [-0.25, -0.2) is 0 Å². The van der Waals surface area contributed by atoms with Gasteiger partial charge < -0.3 is 13.9 Å². The van der Waals surface area contributed by atoms with Crippen LogP contribution in [0.25, 0.3) is 11.3 Å².